The van der Waals surface area contributed by atoms with Gasteiger partial charge in [-0.05, 0) is 36.8 Å². The van der Waals surface area contributed by atoms with Crippen LogP contribution < -0.4 is 10.2 Å². The number of methoxy groups -OCH3 is 1. The van der Waals surface area contributed by atoms with E-state index in [0.29, 0.717) is 28.0 Å². The zero-order valence-electron chi connectivity index (χ0n) is 17.9. The maximum Gasteiger partial charge on any atom is 0.364 e. The van der Waals surface area contributed by atoms with Gasteiger partial charge < -0.3 is 14.9 Å². The van der Waals surface area contributed by atoms with Crippen molar-refractivity contribution in [1.29, 1.82) is 0 Å². The van der Waals surface area contributed by atoms with Crippen LogP contribution in [0, 0.1) is 10.1 Å². The van der Waals surface area contributed by atoms with Gasteiger partial charge in [0.15, 0.2) is 0 Å². The summed E-state index contributed by atoms with van der Waals surface area (Å²) in [4.78, 5) is 43.4. The maximum atomic E-state index is 13.4. The van der Waals surface area contributed by atoms with Gasteiger partial charge in [0.25, 0.3) is 5.69 Å². The molecule has 0 amide bonds. The Morgan fingerprint density at radius 1 is 1.06 bits per heavy atom. The number of hydrogen-bond acceptors (Lipinski definition) is 9. The Balaban J connectivity index is 1.82. The number of dihydropyridines is 1. The molecule has 0 bridgehead atoms. The highest BCUT2D eigenvalue weighted by molar-refractivity contribution is 6.00. The smallest absolute Gasteiger partial charge is 0.364 e. The lowest BCUT2D eigenvalue weighted by atomic mass is 9.80. The molecule has 4 rings (SSSR count). The van der Waals surface area contributed by atoms with Gasteiger partial charge in [-0.15, -0.1) is 5.10 Å². The minimum Gasteiger partial charge on any atom is -0.466 e. The summed E-state index contributed by atoms with van der Waals surface area (Å²) in [5.74, 6) is -2.46. The van der Waals surface area contributed by atoms with Gasteiger partial charge in [-0.3, -0.25) is 10.1 Å². The molecule has 1 aliphatic rings. The van der Waals surface area contributed by atoms with E-state index in [0.717, 1.165) is 4.85 Å². The van der Waals surface area contributed by atoms with Crippen LogP contribution in [0.5, 0.6) is 0 Å². The number of fused-ring (bicyclic) bond motifs is 1. The molecule has 168 valence electrons. The van der Waals surface area contributed by atoms with E-state index in [1.807, 2.05) is 0 Å². The highest BCUT2D eigenvalue weighted by Crippen LogP contribution is 2.39. The van der Waals surface area contributed by atoms with Gasteiger partial charge in [0.05, 0.1) is 29.1 Å². The molecule has 1 atom stereocenters. The Labute approximate surface area is 187 Å². The van der Waals surface area contributed by atoms with E-state index in [4.69, 9.17) is 9.57 Å². The number of non-ortho nitro benzene ring substituents is 1. The topological polar surface area (TPSA) is 138 Å². The van der Waals surface area contributed by atoms with Crippen molar-refractivity contribution < 1.29 is 24.1 Å². The predicted molar refractivity (Wildman–Crippen MR) is 116 cm³/mol. The van der Waals surface area contributed by atoms with Crippen LogP contribution in [0.1, 0.15) is 25.3 Å². The fourth-order valence-electron chi connectivity index (χ4n) is 3.84. The summed E-state index contributed by atoms with van der Waals surface area (Å²) in [7, 11) is 1.22. The monoisotopic (exact) mass is 449 g/mol. The first-order valence-corrected chi connectivity index (χ1v) is 9.86. The van der Waals surface area contributed by atoms with Crippen LogP contribution in [0.3, 0.4) is 0 Å². The van der Waals surface area contributed by atoms with Crippen LogP contribution in [0.2, 0.25) is 0 Å². The molecule has 0 saturated carbocycles. The molecule has 11 heteroatoms. The summed E-state index contributed by atoms with van der Waals surface area (Å²) < 4.78 is 4.94. The first kappa shape index (κ1) is 21.7. The number of nitrogens with one attached hydrogen (secondary N) is 1. The van der Waals surface area contributed by atoms with E-state index in [1.165, 1.54) is 25.3 Å². The molecule has 1 aromatic heterocycles. The van der Waals surface area contributed by atoms with Crippen molar-refractivity contribution >= 4 is 28.7 Å². The van der Waals surface area contributed by atoms with E-state index in [9.17, 15) is 19.7 Å². The Morgan fingerprint density at radius 3 is 2.45 bits per heavy atom. The predicted octanol–water partition coefficient (Wildman–Crippen LogP) is 2.40. The number of carbonyl (C=O) groups excluding carboxylic acids is 2. The fraction of sp³-hybridized carbons (Fsp3) is 0.182. The molecule has 1 unspecified atom stereocenters. The van der Waals surface area contributed by atoms with E-state index < -0.39 is 22.8 Å². The van der Waals surface area contributed by atoms with Crippen molar-refractivity contribution in [3.63, 3.8) is 0 Å². The number of benzene rings is 2. The van der Waals surface area contributed by atoms with Crippen molar-refractivity contribution in [2.75, 3.05) is 7.11 Å². The highest BCUT2D eigenvalue weighted by Gasteiger charge is 2.39. The fourth-order valence-corrected chi connectivity index (χ4v) is 3.84. The number of nitro groups is 1. The number of esters is 1. The number of nitrogens with zero attached hydrogens (tertiary/aromatic N) is 4. The number of allylic oxidation sites excluding steroid dienone is 2. The molecule has 2 heterocycles. The van der Waals surface area contributed by atoms with Gasteiger partial charge in [0, 0.05) is 23.5 Å². The van der Waals surface area contributed by atoms with Crippen LogP contribution in [0.15, 0.2) is 71.1 Å². The summed E-state index contributed by atoms with van der Waals surface area (Å²) in [6.45, 7) is 3.31. The van der Waals surface area contributed by atoms with Crippen LogP contribution in [-0.2, 0) is 14.3 Å². The third kappa shape index (κ3) is 3.91. The number of nitro benzene ring substituents is 1. The molecular weight excluding hydrogens is 430 g/mol. The van der Waals surface area contributed by atoms with Crippen LogP contribution in [-0.4, -0.2) is 39.1 Å². The van der Waals surface area contributed by atoms with Crippen molar-refractivity contribution in [1.82, 2.24) is 20.5 Å². The molecular formula is C22H19N5O6. The average molecular weight is 449 g/mol. The van der Waals surface area contributed by atoms with Gasteiger partial charge in [-0.25, -0.2) is 9.59 Å². The summed E-state index contributed by atoms with van der Waals surface area (Å²) in [5, 5.41) is 22.2. The standard InChI is InChI=1S/C22H19N5O6/c1-12-18(21(28)32-3)20(14-7-6-8-15(11-14)27(30)31)19(13(2)23-12)22(29)33-26-17-10-5-4-9-16(17)24-25-26/h4-11,20,23H,1-3H3. The van der Waals surface area contributed by atoms with E-state index >= 15 is 0 Å². The number of rotatable bonds is 5. The first-order chi connectivity index (χ1) is 15.8. The van der Waals surface area contributed by atoms with Crippen molar-refractivity contribution in [3.05, 3.63) is 86.7 Å². The third-order valence-corrected chi connectivity index (χ3v) is 5.29. The van der Waals surface area contributed by atoms with Gasteiger partial charge in [0.2, 0.25) is 0 Å². The minimum atomic E-state index is -0.971. The first-order valence-electron chi connectivity index (χ1n) is 9.86. The normalized spacial score (nSPS) is 15.9. The zero-order valence-corrected chi connectivity index (χ0v) is 17.9. The summed E-state index contributed by atoms with van der Waals surface area (Å²) in [5.41, 5.74) is 2.28. The molecule has 11 nitrogen and oxygen atoms in total. The molecule has 2 aromatic carbocycles. The second-order valence-electron chi connectivity index (χ2n) is 7.31. The highest BCUT2D eigenvalue weighted by atomic mass is 16.7. The van der Waals surface area contributed by atoms with E-state index in [2.05, 4.69) is 15.6 Å². The Bertz CT molecular complexity index is 1360. The molecule has 0 saturated heterocycles. The van der Waals surface area contributed by atoms with Crippen molar-refractivity contribution in [2.45, 2.75) is 19.8 Å². The Kier molecular flexibility index (Phi) is 5.61. The molecule has 0 fully saturated rings. The second-order valence-corrected chi connectivity index (χ2v) is 7.31. The minimum absolute atomic E-state index is 0.0843. The van der Waals surface area contributed by atoms with E-state index in [1.54, 1.807) is 44.2 Å². The van der Waals surface area contributed by atoms with Crippen LogP contribution in [0.4, 0.5) is 5.69 Å². The lowest BCUT2D eigenvalue weighted by molar-refractivity contribution is -0.384. The molecule has 1 aliphatic heterocycles. The number of carbonyl (C=O) groups is 2. The number of ether oxygens (including phenoxy) is 1. The molecule has 0 aliphatic carbocycles. The Hall–Kier alpha value is -4.54. The molecule has 0 radical (unpaired) electrons. The quantitative estimate of drug-likeness (QED) is 0.269. The zero-order chi connectivity index (χ0) is 23.7. The maximum absolute atomic E-state index is 13.4. The lowest BCUT2D eigenvalue weighted by Crippen LogP contribution is -2.35. The SMILES string of the molecule is COC(=O)C1=C(C)NC(C)=C(C(=O)On2nnc3ccccc32)C1c1cccc([N+](=O)[O-])c1. The molecule has 0 spiro atoms. The van der Waals surface area contributed by atoms with Gasteiger partial charge in [-0.2, -0.15) is 0 Å². The third-order valence-electron chi connectivity index (χ3n) is 5.29. The van der Waals surface area contributed by atoms with Gasteiger partial charge in [0.1, 0.15) is 11.0 Å². The molecule has 3 aromatic rings. The molecule has 33 heavy (non-hydrogen) atoms. The van der Waals surface area contributed by atoms with Crippen LogP contribution >= 0.6 is 0 Å². The largest absolute Gasteiger partial charge is 0.466 e. The summed E-state index contributed by atoms with van der Waals surface area (Å²) in [6.07, 6.45) is 0. The lowest BCUT2D eigenvalue weighted by Gasteiger charge is -2.29. The van der Waals surface area contributed by atoms with E-state index in [-0.39, 0.29) is 16.8 Å². The number of para-hydroxylation sites is 1. The Morgan fingerprint density at radius 2 is 1.76 bits per heavy atom. The second kappa shape index (κ2) is 8.54. The van der Waals surface area contributed by atoms with Gasteiger partial charge in [-0.1, -0.05) is 29.1 Å². The number of aromatic nitrogens is 3. The van der Waals surface area contributed by atoms with Crippen molar-refractivity contribution in [2.24, 2.45) is 0 Å². The molecule has 1 N–H and O–H groups in total. The average Bonchev–Trinajstić information content (AvgIpc) is 3.20. The van der Waals surface area contributed by atoms with Gasteiger partial charge >= 0.3 is 11.9 Å². The van der Waals surface area contributed by atoms with Crippen molar-refractivity contribution in [3.8, 4) is 0 Å². The number of hydrogen-bond donors (Lipinski definition) is 1. The summed E-state index contributed by atoms with van der Waals surface area (Å²) in [6, 6.07) is 12.7. The summed E-state index contributed by atoms with van der Waals surface area (Å²) >= 11 is 0. The van der Waals surface area contributed by atoms with Crippen LogP contribution in [0.25, 0.3) is 11.0 Å².